The van der Waals surface area contributed by atoms with Gasteiger partial charge in [-0.2, -0.15) is 0 Å². The number of aliphatic hydroxyl groups excluding tert-OH is 1. The summed E-state index contributed by atoms with van der Waals surface area (Å²) in [5, 5.41) is 10.9. The Morgan fingerprint density at radius 1 is 1.00 bits per heavy atom. The van der Waals surface area contributed by atoms with Crippen LogP contribution in [0.2, 0.25) is 5.02 Å². The lowest BCUT2D eigenvalue weighted by atomic mass is 9.97. The van der Waals surface area contributed by atoms with Crippen LogP contribution in [0.15, 0.2) is 30.3 Å². The first kappa shape index (κ1) is 14.0. The van der Waals surface area contributed by atoms with Crippen molar-refractivity contribution >= 4 is 11.6 Å². The standard InChI is InChI=1S/C16H16ClFO/c1-9-7-13(14(17)8-10(9)2)16(19)12-4-5-15(18)11(3)6-12/h4-8,16,19H,1-3H3. The van der Waals surface area contributed by atoms with Crippen molar-refractivity contribution in [2.45, 2.75) is 26.9 Å². The smallest absolute Gasteiger partial charge is 0.126 e. The summed E-state index contributed by atoms with van der Waals surface area (Å²) in [7, 11) is 0. The van der Waals surface area contributed by atoms with Crippen LogP contribution in [0.1, 0.15) is 33.9 Å². The molecule has 100 valence electrons. The van der Waals surface area contributed by atoms with Gasteiger partial charge >= 0.3 is 0 Å². The van der Waals surface area contributed by atoms with E-state index in [1.54, 1.807) is 19.1 Å². The van der Waals surface area contributed by atoms with Gasteiger partial charge in [-0.3, -0.25) is 0 Å². The topological polar surface area (TPSA) is 20.2 Å². The normalized spacial score (nSPS) is 12.5. The summed E-state index contributed by atoms with van der Waals surface area (Å²) in [5.41, 5.74) is 3.95. The number of hydrogen-bond donors (Lipinski definition) is 1. The first-order chi connectivity index (χ1) is 8.90. The monoisotopic (exact) mass is 278 g/mol. The molecule has 0 fully saturated rings. The average Bonchev–Trinajstić information content (AvgIpc) is 2.36. The molecule has 0 aromatic heterocycles. The van der Waals surface area contributed by atoms with Gasteiger partial charge in [0.1, 0.15) is 11.9 Å². The maximum absolute atomic E-state index is 13.3. The number of aliphatic hydroxyl groups is 1. The molecule has 0 radical (unpaired) electrons. The summed E-state index contributed by atoms with van der Waals surface area (Å²) in [4.78, 5) is 0. The predicted octanol–water partition coefficient (Wildman–Crippen LogP) is 4.49. The summed E-state index contributed by atoms with van der Waals surface area (Å²) >= 11 is 6.18. The SMILES string of the molecule is Cc1cc(Cl)c(C(O)c2ccc(F)c(C)c2)cc1C. The zero-order chi connectivity index (χ0) is 14.2. The van der Waals surface area contributed by atoms with Gasteiger partial charge in [0.05, 0.1) is 0 Å². The van der Waals surface area contributed by atoms with Crippen molar-refractivity contribution in [3.05, 3.63) is 69.0 Å². The van der Waals surface area contributed by atoms with Crippen molar-refractivity contribution in [2.75, 3.05) is 0 Å². The molecule has 2 aromatic rings. The molecule has 0 aliphatic rings. The largest absolute Gasteiger partial charge is 0.384 e. The summed E-state index contributed by atoms with van der Waals surface area (Å²) in [6.07, 6.45) is -0.842. The zero-order valence-corrected chi connectivity index (χ0v) is 11.9. The molecule has 1 N–H and O–H groups in total. The van der Waals surface area contributed by atoms with Gasteiger partial charge in [0.15, 0.2) is 0 Å². The van der Waals surface area contributed by atoms with Gasteiger partial charge in [0.2, 0.25) is 0 Å². The number of rotatable bonds is 2. The first-order valence-electron chi connectivity index (χ1n) is 6.11. The molecule has 19 heavy (non-hydrogen) atoms. The lowest BCUT2D eigenvalue weighted by molar-refractivity contribution is 0.220. The highest BCUT2D eigenvalue weighted by Gasteiger charge is 2.16. The summed E-state index contributed by atoms with van der Waals surface area (Å²) in [5.74, 6) is -0.276. The maximum Gasteiger partial charge on any atom is 0.126 e. The number of aryl methyl sites for hydroxylation is 3. The Hall–Kier alpha value is -1.38. The van der Waals surface area contributed by atoms with Crippen molar-refractivity contribution in [1.82, 2.24) is 0 Å². The molecule has 0 saturated heterocycles. The van der Waals surface area contributed by atoms with E-state index in [0.29, 0.717) is 21.7 Å². The van der Waals surface area contributed by atoms with Crippen LogP contribution in [-0.4, -0.2) is 5.11 Å². The average molecular weight is 279 g/mol. The van der Waals surface area contributed by atoms with Crippen LogP contribution in [0.25, 0.3) is 0 Å². The minimum absolute atomic E-state index is 0.276. The van der Waals surface area contributed by atoms with Gasteiger partial charge < -0.3 is 5.11 Å². The molecule has 0 aliphatic heterocycles. The van der Waals surface area contributed by atoms with Gasteiger partial charge in [-0.25, -0.2) is 4.39 Å². The fourth-order valence-electron chi connectivity index (χ4n) is 2.03. The van der Waals surface area contributed by atoms with Crippen LogP contribution < -0.4 is 0 Å². The zero-order valence-electron chi connectivity index (χ0n) is 11.2. The highest BCUT2D eigenvalue weighted by molar-refractivity contribution is 6.31. The fraction of sp³-hybridized carbons (Fsp3) is 0.250. The first-order valence-corrected chi connectivity index (χ1v) is 6.48. The van der Waals surface area contributed by atoms with Gasteiger partial charge in [0, 0.05) is 10.6 Å². The molecule has 0 aliphatic carbocycles. The molecule has 2 rings (SSSR count). The van der Waals surface area contributed by atoms with Crippen molar-refractivity contribution in [1.29, 1.82) is 0 Å². The van der Waals surface area contributed by atoms with Crippen molar-refractivity contribution < 1.29 is 9.50 Å². The Kier molecular flexibility index (Phi) is 3.93. The minimum atomic E-state index is -0.842. The van der Waals surface area contributed by atoms with Crippen LogP contribution in [0.5, 0.6) is 0 Å². The number of halogens is 2. The molecule has 1 unspecified atom stereocenters. The molecular formula is C16H16ClFO. The Balaban J connectivity index is 2.46. The lowest BCUT2D eigenvalue weighted by Crippen LogP contribution is -2.03. The van der Waals surface area contributed by atoms with E-state index < -0.39 is 6.10 Å². The van der Waals surface area contributed by atoms with E-state index in [1.165, 1.54) is 6.07 Å². The van der Waals surface area contributed by atoms with Crippen molar-refractivity contribution in [2.24, 2.45) is 0 Å². The molecule has 3 heteroatoms. The Morgan fingerprint density at radius 3 is 2.26 bits per heavy atom. The van der Waals surface area contributed by atoms with Crippen LogP contribution in [-0.2, 0) is 0 Å². The van der Waals surface area contributed by atoms with Crippen molar-refractivity contribution in [3.8, 4) is 0 Å². The Labute approximate surface area is 117 Å². The molecular weight excluding hydrogens is 263 g/mol. The van der Waals surface area contributed by atoms with Crippen LogP contribution >= 0.6 is 11.6 Å². The second-order valence-corrected chi connectivity index (χ2v) is 5.28. The fourth-order valence-corrected chi connectivity index (χ4v) is 2.35. The second kappa shape index (κ2) is 5.32. The molecule has 1 nitrogen and oxygen atoms in total. The van der Waals surface area contributed by atoms with Crippen LogP contribution in [0.4, 0.5) is 4.39 Å². The highest BCUT2D eigenvalue weighted by Crippen LogP contribution is 2.31. The van der Waals surface area contributed by atoms with E-state index in [2.05, 4.69) is 0 Å². The quantitative estimate of drug-likeness (QED) is 0.858. The molecule has 2 aromatic carbocycles. The maximum atomic E-state index is 13.3. The van der Waals surface area contributed by atoms with E-state index in [9.17, 15) is 9.50 Å². The van der Waals surface area contributed by atoms with Crippen LogP contribution in [0, 0.1) is 26.6 Å². The van der Waals surface area contributed by atoms with E-state index in [1.807, 2.05) is 26.0 Å². The van der Waals surface area contributed by atoms with Gasteiger partial charge in [0.25, 0.3) is 0 Å². The molecule has 0 amide bonds. The van der Waals surface area contributed by atoms with E-state index in [0.717, 1.165) is 11.1 Å². The summed E-state index contributed by atoms with van der Waals surface area (Å²) < 4.78 is 13.3. The second-order valence-electron chi connectivity index (χ2n) is 4.87. The predicted molar refractivity (Wildman–Crippen MR) is 76.1 cm³/mol. The third-order valence-corrected chi connectivity index (χ3v) is 3.73. The third-order valence-electron chi connectivity index (χ3n) is 3.41. The molecule has 1 atom stereocenters. The van der Waals surface area contributed by atoms with E-state index >= 15 is 0 Å². The van der Waals surface area contributed by atoms with E-state index in [-0.39, 0.29) is 5.82 Å². The minimum Gasteiger partial charge on any atom is -0.384 e. The number of benzene rings is 2. The Bertz CT molecular complexity index is 622. The van der Waals surface area contributed by atoms with Gasteiger partial charge in [-0.15, -0.1) is 0 Å². The van der Waals surface area contributed by atoms with Gasteiger partial charge in [-0.1, -0.05) is 29.8 Å². The molecule has 0 bridgehead atoms. The highest BCUT2D eigenvalue weighted by atomic mass is 35.5. The van der Waals surface area contributed by atoms with E-state index in [4.69, 9.17) is 11.6 Å². The van der Waals surface area contributed by atoms with Crippen LogP contribution in [0.3, 0.4) is 0 Å². The lowest BCUT2D eigenvalue weighted by Gasteiger charge is -2.16. The molecule has 0 saturated carbocycles. The molecule has 0 spiro atoms. The summed E-state index contributed by atoms with van der Waals surface area (Å²) in [6, 6.07) is 8.31. The number of hydrogen-bond acceptors (Lipinski definition) is 1. The summed E-state index contributed by atoms with van der Waals surface area (Å²) in [6.45, 7) is 5.62. The third kappa shape index (κ3) is 2.80. The molecule has 0 heterocycles. The van der Waals surface area contributed by atoms with Crippen molar-refractivity contribution in [3.63, 3.8) is 0 Å². The Morgan fingerprint density at radius 2 is 1.63 bits per heavy atom. The van der Waals surface area contributed by atoms with Gasteiger partial charge in [-0.05, 0) is 55.2 Å².